The number of aryl methyl sites for hydroxylation is 1. The van der Waals surface area contributed by atoms with Crippen molar-refractivity contribution in [2.24, 2.45) is 5.92 Å². The summed E-state index contributed by atoms with van der Waals surface area (Å²) >= 11 is 0. The van der Waals surface area contributed by atoms with Gasteiger partial charge >= 0.3 is 0 Å². The lowest BCUT2D eigenvalue weighted by Crippen LogP contribution is -2.50. The van der Waals surface area contributed by atoms with Crippen LogP contribution in [0, 0.1) is 12.8 Å². The second-order valence-electron chi connectivity index (χ2n) is 7.24. The fourth-order valence-corrected chi connectivity index (χ4v) is 4.00. The van der Waals surface area contributed by atoms with Crippen LogP contribution in [0.15, 0.2) is 24.5 Å². The van der Waals surface area contributed by atoms with Crippen LogP contribution in [-0.4, -0.2) is 56.7 Å². The highest BCUT2D eigenvalue weighted by molar-refractivity contribution is 5.79. The van der Waals surface area contributed by atoms with Crippen LogP contribution in [0.2, 0.25) is 0 Å². The number of imidazole rings is 1. The molecule has 1 aliphatic carbocycles. The van der Waals surface area contributed by atoms with Crippen molar-refractivity contribution in [2.45, 2.75) is 39.0 Å². The van der Waals surface area contributed by atoms with Gasteiger partial charge in [0.25, 0.3) is 0 Å². The van der Waals surface area contributed by atoms with Crippen molar-refractivity contribution < 1.29 is 4.79 Å². The van der Waals surface area contributed by atoms with Gasteiger partial charge in [-0.15, -0.1) is 10.2 Å². The Morgan fingerprint density at radius 1 is 1.00 bits per heavy atom. The Balaban J connectivity index is 1.36. The lowest BCUT2D eigenvalue weighted by molar-refractivity contribution is -0.136. The topological polar surface area (TPSA) is 67.2 Å². The first kappa shape index (κ1) is 17.0. The van der Waals surface area contributed by atoms with Crippen molar-refractivity contribution in [3.05, 3.63) is 30.4 Å². The van der Waals surface area contributed by atoms with Crippen LogP contribution in [-0.2, 0) is 4.79 Å². The molecule has 2 aromatic rings. The summed E-state index contributed by atoms with van der Waals surface area (Å²) in [4.78, 5) is 21.1. The van der Waals surface area contributed by atoms with Gasteiger partial charge in [0.2, 0.25) is 5.91 Å². The lowest BCUT2D eigenvalue weighted by Gasteiger charge is -2.37. The Labute approximate surface area is 154 Å². The summed E-state index contributed by atoms with van der Waals surface area (Å²) in [5.41, 5.74) is 0. The van der Waals surface area contributed by atoms with E-state index in [-0.39, 0.29) is 5.92 Å². The monoisotopic (exact) mass is 354 g/mol. The van der Waals surface area contributed by atoms with E-state index in [1.165, 1.54) is 19.3 Å². The maximum absolute atomic E-state index is 12.7. The molecule has 26 heavy (non-hydrogen) atoms. The van der Waals surface area contributed by atoms with Gasteiger partial charge in [-0.05, 0) is 31.9 Å². The molecule has 1 saturated heterocycles. The Morgan fingerprint density at radius 2 is 1.69 bits per heavy atom. The third kappa shape index (κ3) is 3.43. The highest BCUT2D eigenvalue weighted by Gasteiger charge is 2.28. The van der Waals surface area contributed by atoms with Crippen LogP contribution in [0.25, 0.3) is 5.82 Å². The summed E-state index contributed by atoms with van der Waals surface area (Å²) in [5, 5.41) is 8.72. The average molecular weight is 354 g/mol. The van der Waals surface area contributed by atoms with E-state index in [4.69, 9.17) is 0 Å². The normalized spacial score (nSPS) is 19.0. The minimum atomic E-state index is 0.257. The number of hydrogen-bond acceptors (Lipinski definition) is 5. The van der Waals surface area contributed by atoms with Crippen molar-refractivity contribution in [2.75, 3.05) is 31.1 Å². The Kier molecular flexibility index (Phi) is 4.86. The van der Waals surface area contributed by atoms with Crippen LogP contribution in [0.5, 0.6) is 0 Å². The molecule has 138 valence electrons. The van der Waals surface area contributed by atoms with Gasteiger partial charge in [-0.3, -0.25) is 9.36 Å². The molecular weight excluding hydrogens is 328 g/mol. The molecule has 0 unspecified atom stereocenters. The Bertz CT molecular complexity index is 742. The van der Waals surface area contributed by atoms with Gasteiger partial charge in [-0.25, -0.2) is 4.98 Å². The molecule has 2 fully saturated rings. The Hall–Kier alpha value is -2.44. The minimum Gasteiger partial charge on any atom is -0.352 e. The highest BCUT2D eigenvalue weighted by Crippen LogP contribution is 2.26. The van der Waals surface area contributed by atoms with E-state index in [2.05, 4.69) is 20.1 Å². The highest BCUT2D eigenvalue weighted by atomic mass is 16.2. The molecule has 0 N–H and O–H groups in total. The van der Waals surface area contributed by atoms with Gasteiger partial charge in [-0.2, -0.15) is 0 Å². The van der Waals surface area contributed by atoms with Gasteiger partial charge < -0.3 is 9.80 Å². The molecular formula is C19H26N6O. The van der Waals surface area contributed by atoms with Crippen molar-refractivity contribution in [1.29, 1.82) is 0 Å². The first-order valence-electron chi connectivity index (χ1n) is 9.60. The molecule has 3 heterocycles. The maximum atomic E-state index is 12.7. The predicted molar refractivity (Wildman–Crippen MR) is 99.3 cm³/mol. The lowest BCUT2D eigenvalue weighted by atomic mass is 9.88. The number of piperazine rings is 1. The van der Waals surface area contributed by atoms with E-state index in [1.807, 2.05) is 34.7 Å². The van der Waals surface area contributed by atoms with Crippen molar-refractivity contribution >= 4 is 11.7 Å². The number of hydrogen-bond donors (Lipinski definition) is 0. The van der Waals surface area contributed by atoms with E-state index in [9.17, 15) is 4.79 Å². The summed E-state index contributed by atoms with van der Waals surface area (Å²) in [7, 11) is 0. The number of carbonyl (C=O) groups excluding carboxylic acids is 1. The zero-order chi connectivity index (χ0) is 17.9. The fraction of sp³-hybridized carbons (Fsp3) is 0.579. The molecule has 2 aliphatic rings. The van der Waals surface area contributed by atoms with E-state index in [0.717, 1.165) is 56.5 Å². The SMILES string of the molecule is Cc1nccn1-c1ccc(N2CCN(C(=O)C3CCCCC3)CC2)nn1. The number of aromatic nitrogens is 4. The van der Waals surface area contributed by atoms with Crippen molar-refractivity contribution in [3.63, 3.8) is 0 Å². The average Bonchev–Trinajstić information content (AvgIpc) is 3.14. The quantitative estimate of drug-likeness (QED) is 0.845. The predicted octanol–water partition coefficient (Wildman–Crippen LogP) is 2.20. The molecule has 0 spiro atoms. The molecule has 7 nitrogen and oxygen atoms in total. The van der Waals surface area contributed by atoms with Gasteiger partial charge in [0.1, 0.15) is 5.82 Å². The summed E-state index contributed by atoms with van der Waals surface area (Å²) in [6.07, 6.45) is 9.47. The van der Waals surface area contributed by atoms with E-state index in [0.29, 0.717) is 5.91 Å². The van der Waals surface area contributed by atoms with Gasteiger partial charge in [0, 0.05) is 44.5 Å². The molecule has 1 saturated carbocycles. The molecule has 7 heteroatoms. The van der Waals surface area contributed by atoms with Crippen LogP contribution in [0.1, 0.15) is 37.9 Å². The fourth-order valence-electron chi connectivity index (χ4n) is 4.00. The molecule has 0 radical (unpaired) electrons. The van der Waals surface area contributed by atoms with Gasteiger partial charge in [0.15, 0.2) is 11.6 Å². The number of carbonyl (C=O) groups is 1. The molecule has 1 amide bonds. The van der Waals surface area contributed by atoms with Crippen LogP contribution < -0.4 is 4.90 Å². The zero-order valence-corrected chi connectivity index (χ0v) is 15.3. The first-order chi connectivity index (χ1) is 12.7. The number of rotatable bonds is 3. The summed E-state index contributed by atoms with van der Waals surface area (Å²) in [6, 6.07) is 3.97. The zero-order valence-electron chi connectivity index (χ0n) is 15.3. The molecule has 0 atom stereocenters. The van der Waals surface area contributed by atoms with Gasteiger partial charge in [-0.1, -0.05) is 19.3 Å². The molecule has 1 aliphatic heterocycles. The smallest absolute Gasteiger partial charge is 0.225 e. The first-order valence-corrected chi connectivity index (χ1v) is 9.60. The maximum Gasteiger partial charge on any atom is 0.225 e. The minimum absolute atomic E-state index is 0.257. The third-order valence-corrected chi connectivity index (χ3v) is 5.58. The van der Waals surface area contributed by atoms with E-state index >= 15 is 0 Å². The molecule has 4 rings (SSSR count). The summed E-state index contributed by atoms with van der Waals surface area (Å²) in [5.74, 6) is 3.15. The third-order valence-electron chi connectivity index (χ3n) is 5.58. The second-order valence-corrected chi connectivity index (χ2v) is 7.24. The summed E-state index contributed by atoms with van der Waals surface area (Å²) < 4.78 is 1.91. The summed E-state index contributed by atoms with van der Waals surface area (Å²) in [6.45, 7) is 5.13. The standard InChI is InChI=1S/C19H26N6O/c1-15-20-9-10-25(15)18-8-7-17(21-22-18)23-11-13-24(14-12-23)19(26)16-5-3-2-4-6-16/h7-10,16H,2-6,11-14H2,1H3. The van der Waals surface area contributed by atoms with Crippen molar-refractivity contribution in [3.8, 4) is 5.82 Å². The molecule has 2 aromatic heterocycles. The van der Waals surface area contributed by atoms with E-state index in [1.54, 1.807) is 6.20 Å². The van der Waals surface area contributed by atoms with Crippen LogP contribution in [0.3, 0.4) is 0 Å². The van der Waals surface area contributed by atoms with Gasteiger partial charge in [0.05, 0.1) is 0 Å². The van der Waals surface area contributed by atoms with E-state index < -0.39 is 0 Å². The van der Waals surface area contributed by atoms with Crippen molar-refractivity contribution in [1.82, 2.24) is 24.6 Å². The molecule has 0 bridgehead atoms. The number of anilines is 1. The largest absolute Gasteiger partial charge is 0.352 e. The Morgan fingerprint density at radius 3 is 2.31 bits per heavy atom. The second kappa shape index (κ2) is 7.43. The molecule has 0 aromatic carbocycles. The van der Waals surface area contributed by atoms with Crippen LogP contribution in [0.4, 0.5) is 5.82 Å². The number of nitrogens with zero attached hydrogens (tertiary/aromatic N) is 6. The van der Waals surface area contributed by atoms with Crippen LogP contribution >= 0.6 is 0 Å². The number of amides is 1.